The third-order valence-corrected chi connectivity index (χ3v) is 3.06. The maximum Gasteiger partial charge on any atom is 0.220 e. The Bertz CT molecular complexity index is 191. The standard InChI is InChI=1S/C10H20N2O2S2/c1-15-7-5-11-9(13)3-4-10(14)12-6-8-16-2/h3-8H2,1-2H3,(H,11,13)(H,12,14). The van der Waals surface area contributed by atoms with Crippen LogP contribution in [0.15, 0.2) is 0 Å². The van der Waals surface area contributed by atoms with Gasteiger partial charge in [0.25, 0.3) is 0 Å². The van der Waals surface area contributed by atoms with E-state index in [1.54, 1.807) is 23.5 Å². The van der Waals surface area contributed by atoms with Gasteiger partial charge in [-0.1, -0.05) is 0 Å². The van der Waals surface area contributed by atoms with Gasteiger partial charge in [-0.05, 0) is 12.5 Å². The Kier molecular flexibility index (Phi) is 10.9. The second kappa shape index (κ2) is 11.1. The third-order valence-electron chi connectivity index (χ3n) is 1.84. The first-order valence-corrected chi connectivity index (χ1v) is 8.00. The van der Waals surface area contributed by atoms with Crippen molar-refractivity contribution in [3.63, 3.8) is 0 Å². The molecule has 2 amide bonds. The van der Waals surface area contributed by atoms with E-state index in [1.165, 1.54) is 0 Å². The highest BCUT2D eigenvalue weighted by molar-refractivity contribution is 7.98. The highest BCUT2D eigenvalue weighted by Crippen LogP contribution is 1.92. The van der Waals surface area contributed by atoms with E-state index in [4.69, 9.17) is 0 Å². The second-order valence-electron chi connectivity index (χ2n) is 3.19. The van der Waals surface area contributed by atoms with E-state index in [1.807, 2.05) is 12.5 Å². The van der Waals surface area contributed by atoms with E-state index >= 15 is 0 Å². The lowest BCUT2D eigenvalue weighted by molar-refractivity contribution is -0.126. The largest absolute Gasteiger partial charge is 0.355 e. The van der Waals surface area contributed by atoms with Gasteiger partial charge in [-0.3, -0.25) is 9.59 Å². The fourth-order valence-corrected chi connectivity index (χ4v) is 1.60. The smallest absolute Gasteiger partial charge is 0.220 e. The summed E-state index contributed by atoms with van der Waals surface area (Å²) < 4.78 is 0. The summed E-state index contributed by atoms with van der Waals surface area (Å²) in [6, 6.07) is 0. The van der Waals surface area contributed by atoms with E-state index in [0.29, 0.717) is 13.1 Å². The van der Waals surface area contributed by atoms with Crippen molar-refractivity contribution in [1.82, 2.24) is 10.6 Å². The highest BCUT2D eigenvalue weighted by Gasteiger charge is 2.05. The molecule has 0 rings (SSSR count). The first-order valence-electron chi connectivity index (χ1n) is 5.22. The maximum absolute atomic E-state index is 11.2. The van der Waals surface area contributed by atoms with Crippen LogP contribution in [0.5, 0.6) is 0 Å². The molecule has 4 nitrogen and oxygen atoms in total. The molecule has 0 saturated heterocycles. The molecule has 0 aromatic heterocycles. The number of hydrogen-bond acceptors (Lipinski definition) is 4. The van der Waals surface area contributed by atoms with Gasteiger partial charge in [0.1, 0.15) is 0 Å². The summed E-state index contributed by atoms with van der Waals surface area (Å²) in [4.78, 5) is 22.5. The number of carbonyl (C=O) groups excluding carboxylic acids is 2. The summed E-state index contributed by atoms with van der Waals surface area (Å²) >= 11 is 3.37. The van der Waals surface area contributed by atoms with Crippen molar-refractivity contribution in [1.29, 1.82) is 0 Å². The van der Waals surface area contributed by atoms with Crippen LogP contribution in [0.3, 0.4) is 0 Å². The lowest BCUT2D eigenvalue weighted by Crippen LogP contribution is -2.29. The molecule has 0 radical (unpaired) electrons. The van der Waals surface area contributed by atoms with Crippen molar-refractivity contribution in [2.75, 3.05) is 37.1 Å². The van der Waals surface area contributed by atoms with Gasteiger partial charge in [0.2, 0.25) is 11.8 Å². The Morgan fingerprint density at radius 3 is 1.56 bits per heavy atom. The van der Waals surface area contributed by atoms with Crippen molar-refractivity contribution in [2.45, 2.75) is 12.8 Å². The van der Waals surface area contributed by atoms with Gasteiger partial charge in [-0.15, -0.1) is 0 Å². The number of carbonyl (C=O) groups is 2. The quantitative estimate of drug-likeness (QED) is 0.603. The second-order valence-corrected chi connectivity index (χ2v) is 5.16. The normalized spacial score (nSPS) is 9.88. The highest BCUT2D eigenvalue weighted by atomic mass is 32.2. The van der Waals surface area contributed by atoms with Gasteiger partial charge in [0.15, 0.2) is 0 Å². The fraction of sp³-hybridized carbons (Fsp3) is 0.800. The molecule has 0 aromatic rings. The van der Waals surface area contributed by atoms with Crippen LogP contribution in [-0.4, -0.2) is 48.9 Å². The number of amides is 2. The van der Waals surface area contributed by atoms with Crippen LogP contribution in [0.2, 0.25) is 0 Å². The number of rotatable bonds is 9. The Hall–Kier alpha value is -0.360. The van der Waals surface area contributed by atoms with E-state index in [0.717, 1.165) is 11.5 Å². The van der Waals surface area contributed by atoms with E-state index in [9.17, 15) is 9.59 Å². The summed E-state index contributed by atoms with van der Waals surface area (Å²) in [5.74, 6) is 1.72. The summed E-state index contributed by atoms with van der Waals surface area (Å²) in [6.07, 6.45) is 4.54. The van der Waals surface area contributed by atoms with Crippen molar-refractivity contribution in [2.24, 2.45) is 0 Å². The average molecular weight is 264 g/mol. The van der Waals surface area contributed by atoms with E-state index in [2.05, 4.69) is 10.6 Å². The molecule has 0 saturated carbocycles. The topological polar surface area (TPSA) is 58.2 Å². The molecular weight excluding hydrogens is 244 g/mol. The molecule has 0 fully saturated rings. The number of nitrogens with one attached hydrogen (secondary N) is 2. The fourth-order valence-electron chi connectivity index (χ4n) is 0.989. The molecule has 94 valence electrons. The summed E-state index contributed by atoms with van der Waals surface area (Å²) in [5.41, 5.74) is 0. The molecule has 0 aromatic carbocycles. The summed E-state index contributed by atoms with van der Waals surface area (Å²) in [6.45, 7) is 1.35. The maximum atomic E-state index is 11.2. The first kappa shape index (κ1) is 15.6. The Labute approximate surface area is 106 Å². The lowest BCUT2D eigenvalue weighted by Gasteiger charge is -2.05. The molecule has 0 heterocycles. The molecule has 6 heteroatoms. The van der Waals surface area contributed by atoms with Crippen molar-refractivity contribution < 1.29 is 9.59 Å². The zero-order valence-corrected chi connectivity index (χ0v) is 11.5. The zero-order valence-electron chi connectivity index (χ0n) is 9.88. The first-order chi connectivity index (χ1) is 7.70. The van der Waals surface area contributed by atoms with Crippen LogP contribution in [0.25, 0.3) is 0 Å². The molecule has 0 atom stereocenters. The Morgan fingerprint density at radius 1 is 0.875 bits per heavy atom. The molecule has 0 spiro atoms. The number of thioether (sulfide) groups is 2. The molecule has 0 aliphatic carbocycles. The minimum Gasteiger partial charge on any atom is -0.355 e. The third kappa shape index (κ3) is 10.2. The monoisotopic (exact) mass is 264 g/mol. The summed E-state index contributed by atoms with van der Waals surface area (Å²) in [7, 11) is 0. The Morgan fingerprint density at radius 2 is 1.25 bits per heavy atom. The summed E-state index contributed by atoms with van der Waals surface area (Å²) in [5, 5.41) is 5.52. The minimum atomic E-state index is -0.0472. The van der Waals surface area contributed by atoms with Gasteiger partial charge in [0.05, 0.1) is 0 Å². The predicted octanol–water partition coefficient (Wildman–Crippen LogP) is 0.725. The van der Waals surface area contributed by atoms with Crippen LogP contribution < -0.4 is 10.6 Å². The molecule has 2 N–H and O–H groups in total. The van der Waals surface area contributed by atoms with E-state index in [-0.39, 0.29) is 24.7 Å². The van der Waals surface area contributed by atoms with Crippen molar-refractivity contribution in [3.8, 4) is 0 Å². The SMILES string of the molecule is CSCCNC(=O)CCC(=O)NCCSC. The lowest BCUT2D eigenvalue weighted by atomic mass is 10.3. The Balaban J connectivity index is 3.40. The molecule has 0 bridgehead atoms. The molecule has 0 aliphatic heterocycles. The molecule has 0 unspecified atom stereocenters. The number of hydrogen-bond donors (Lipinski definition) is 2. The average Bonchev–Trinajstić information content (AvgIpc) is 2.27. The van der Waals surface area contributed by atoms with Gasteiger partial charge < -0.3 is 10.6 Å². The molecular formula is C10H20N2O2S2. The van der Waals surface area contributed by atoms with E-state index < -0.39 is 0 Å². The predicted molar refractivity (Wildman–Crippen MR) is 72.0 cm³/mol. The van der Waals surface area contributed by atoms with Crippen LogP contribution in [-0.2, 0) is 9.59 Å². The van der Waals surface area contributed by atoms with Crippen molar-refractivity contribution >= 4 is 35.3 Å². The van der Waals surface area contributed by atoms with Crippen LogP contribution in [0.4, 0.5) is 0 Å². The van der Waals surface area contributed by atoms with Gasteiger partial charge in [-0.25, -0.2) is 0 Å². The van der Waals surface area contributed by atoms with Crippen LogP contribution >= 0.6 is 23.5 Å². The van der Waals surface area contributed by atoms with Crippen molar-refractivity contribution in [3.05, 3.63) is 0 Å². The van der Waals surface area contributed by atoms with Gasteiger partial charge in [0, 0.05) is 37.4 Å². The van der Waals surface area contributed by atoms with Crippen LogP contribution in [0.1, 0.15) is 12.8 Å². The van der Waals surface area contributed by atoms with Gasteiger partial charge >= 0.3 is 0 Å². The van der Waals surface area contributed by atoms with Crippen LogP contribution in [0, 0.1) is 0 Å². The zero-order chi connectivity index (χ0) is 12.2. The molecule has 16 heavy (non-hydrogen) atoms. The van der Waals surface area contributed by atoms with Gasteiger partial charge in [-0.2, -0.15) is 23.5 Å². The molecule has 0 aliphatic rings. The minimum absolute atomic E-state index is 0.0472.